The molecule has 0 radical (unpaired) electrons. The van der Waals surface area contributed by atoms with E-state index in [1.807, 2.05) is 32.0 Å². The van der Waals surface area contributed by atoms with E-state index in [0.717, 1.165) is 28.2 Å². The highest BCUT2D eigenvalue weighted by Crippen LogP contribution is 2.24. The van der Waals surface area contributed by atoms with Gasteiger partial charge in [0.2, 0.25) is 0 Å². The van der Waals surface area contributed by atoms with Crippen LogP contribution in [0.2, 0.25) is 0 Å². The first-order chi connectivity index (χ1) is 6.72. The van der Waals surface area contributed by atoms with Gasteiger partial charge in [0.15, 0.2) is 0 Å². The summed E-state index contributed by atoms with van der Waals surface area (Å²) >= 11 is 0. The first-order valence-electron chi connectivity index (χ1n) is 4.50. The quantitative estimate of drug-likeness (QED) is 0.688. The van der Waals surface area contributed by atoms with Crippen LogP contribution in [-0.2, 0) is 0 Å². The van der Waals surface area contributed by atoms with Crippen molar-refractivity contribution in [3.8, 4) is 5.75 Å². The Balaban J connectivity index is 2.86. The lowest BCUT2D eigenvalue weighted by Crippen LogP contribution is -1.95. The van der Waals surface area contributed by atoms with Gasteiger partial charge in [0.25, 0.3) is 0 Å². The monoisotopic (exact) mass is 188 g/mol. The Morgan fingerprint density at radius 2 is 1.93 bits per heavy atom. The number of nitrogens with zero attached hydrogens (tertiary/aromatic N) is 2. The zero-order valence-electron chi connectivity index (χ0n) is 8.53. The van der Waals surface area contributed by atoms with Crippen molar-refractivity contribution in [2.24, 2.45) is 0 Å². The third kappa shape index (κ3) is 1.31. The highest BCUT2D eigenvalue weighted by Gasteiger charge is 2.05. The molecule has 0 aliphatic rings. The minimum atomic E-state index is 0.777. The maximum absolute atomic E-state index is 5.25. The van der Waals surface area contributed by atoms with Crippen LogP contribution < -0.4 is 4.74 Å². The number of hydrogen-bond acceptors (Lipinski definition) is 3. The molecule has 3 heteroatoms. The molecule has 2 aromatic rings. The molecule has 0 saturated heterocycles. The molecular weight excluding hydrogens is 176 g/mol. The summed E-state index contributed by atoms with van der Waals surface area (Å²) in [5, 5.41) is 1.05. The van der Waals surface area contributed by atoms with Gasteiger partial charge in [-0.05, 0) is 19.9 Å². The van der Waals surface area contributed by atoms with Gasteiger partial charge in [-0.1, -0.05) is 12.1 Å². The van der Waals surface area contributed by atoms with E-state index in [9.17, 15) is 0 Å². The van der Waals surface area contributed by atoms with Crippen LogP contribution in [0.15, 0.2) is 18.2 Å². The highest BCUT2D eigenvalue weighted by molar-refractivity contribution is 5.86. The van der Waals surface area contributed by atoms with Gasteiger partial charge in [-0.15, -0.1) is 0 Å². The van der Waals surface area contributed by atoms with E-state index in [1.54, 1.807) is 7.11 Å². The van der Waals surface area contributed by atoms with Crippen molar-refractivity contribution < 1.29 is 4.74 Å². The molecule has 1 heterocycles. The Labute approximate surface area is 82.8 Å². The summed E-state index contributed by atoms with van der Waals surface area (Å²) in [7, 11) is 1.65. The molecule has 1 aromatic heterocycles. The summed E-state index contributed by atoms with van der Waals surface area (Å²) in [5.74, 6) is 1.58. The largest absolute Gasteiger partial charge is 0.494 e. The van der Waals surface area contributed by atoms with Crippen LogP contribution in [0, 0.1) is 13.8 Å². The molecule has 1 aromatic carbocycles. The SMILES string of the molecule is COc1cccc2c(C)nc(C)nc12. The van der Waals surface area contributed by atoms with Gasteiger partial charge in [0.05, 0.1) is 7.11 Å². The topological polar surface area (TPSA) is 35.0 Å². The summed E-state index contributed by atoms with van der Waals surface area (Å²) in [5.41, 5.74) is 1.88. The number of rotatable bonds is 1. The Morgan fingerprint density at radius 1 is 1.14 bits per heavy atom. The molecule has 2 rings (SSSR count). The normalized spacial score (nSPS) is 10.5. The third-order valence-electron chi connectivity index (χ3n) is 2.21. The molecule has 0 amide bonds. The first kappa shape index (κ1) is 8.94. The fourth-order valence-electron chi connectivity index (χ4n) is 1.58. The van der Waals surface area contributed by atoms with Crippen molar-refractivity contribution >= 4 is 10.9 Å². The lowest BCUT2D eigenvalue weighted by molar-refractivity contribution is 0.418. The average molecular weight is 188 g/mol. The molecule has 72 valence electrons. The van der Waals surface area contributed by atoms with Crippen LogP contribution in [-0.4, -0.2) is 17.1 Å². The molecule has 0 aliphatic heterocycles. The fourth-order valence-corrected chi connectivity index (χ4v) is 1.58. The second-order valence-corrected chi connectivity index (χ2v) is 3.21. The van der Waals surface area contributed by atoms with Gasteiger partial charge in [-0.25, -0.2) is 9.97 Å². The van der Waals surface area contributed by atoms with Crippen LogP contribution in [0.3, 0.4) is 0 Å². The van der Waals surface area contributed by atoms with Crippen molar-refractivity contribution in [2.45, 2.75) is 13.8 Å². The summed E-state index contributed by atoms with van der Waals surface area (Å²) in [6.07, 6.45) is 0. The van der Waals surface area contributed by atoms with Crippen molar-refractivity contribution in [1.82, 2.24) is 9.97 Å². The number of aryl methyl sites for hydroxylation is 2. The van der Waals surface area contributed by atoms with E-state index in [-0.39, 0.29) is 0 Å². The van der Waals surface area contributed by atoms with Crippen LogP contribution >= 0.6 is 0 Å². The number of hydrogen-bond donors (Lipinski definition) is 0. The van der Waals surface area contributed by atoms with E-state index < -0.39 is 0 Å². The fraction of sp³-hybridized carbons (Fsp3) is 0.273. The van der Waals surface area contributed by atoms with Gasteiger partial charge in [0, 0.05) is 11.1 Å². The Kier molecular flexibility index (Phi) is 2.08. The molecule has 0 spiro atoms. The minimum Gasteiger partial charge on any atom is -0.494 e. The van der Waals surface area contributed by atoms with E-state index in [0.29, 0.717) is 0 Å². The maximum Gasteiger partial charge on any atom is 0.145 e. The van der Waals surface area contributed by atoms with E-state index in [2.05, 4.69) is 9.97 Å². The highest BCUT2D eigenvalue weighted by atomic mass is 16.5. The second-order valence-electron chi connectivity index (χ2n) is 3.21. The second kappa shape index (κ2) is 3.25. The zero-order chi connectivity index (χ0) is 10.1. The van der Waals surface area contributed by atoms with Crippen molar-refractivity contribution in [2.75, 3.05) is 7.11 Å². The Morgan fingerprint density at radius 3 is 2.64 bits per heavy atom. The van der Waals surface area contributed by atoms with Crippen molar-refractivity contribution in [3.05, 3.63) is 29.7 Å². The van der Waals surface area contributed by atoms with E-state index >= 15 is 0 Å². The number of fused-ring (bicyclic) bond motifs is 1. The molecule has 0 fully saturated rings. The molecule has 14 heavy (non-hydrogen) atoms. The molecule has 0 unspecified atom stereocenters. The summed E-state index contributed by atoms with van der Waals surface area (Å²) in [6.45, 7) is 3.87. The number of methoxy groups -OCH3 is 1. The molecule has 0 N–H and O–H groups in total. The standard InChI is InChI=1S/C11H12N2O/c1-7-9-5-4-6-10(14-3)11(9)13-8(2)12-7/h4-6H,1-3H3. The average Bonchev–Trinajstić information content (AvgIpc) is 2.17. The Bertz CT molecular complexity index is 480. The van der Waals surface area contributed by atoms with E-state index in [1.165, 1.54) is 0 Å². The van der Waals surface area contributed by atoms with Gasteiger partial charge >= 0.3 is 0 Å². The summed E-state index contributed by atoms with van der Waals surface area (Å²) in [6, 6.07) is 5.87. The van der Waals surface area contributed by atoms with Gasteiger partial charge in [-0.2, -0.15) is 0 Å². The van der Waals surface area contributed by atoms with Crippen LogP contribution in [0.1, 0.15) is 11.5 Å². The molecule has 0 saturated carbocycles. The van der Waals surface area contributed by atoms with Crippen LogP contribution in [0.4, 0.5) is 0 Å². The third-order valence-corrected chi connectivity index (χ3v) is 2.21. The van der Waals surface area contributed by atoms with E-state index in [4.69, 9.17) is 4.74 Å². The molecule has 0 atom stereocenters. The van der Waals surface area contributed by atoms with Crippen molar-refractivity contribution in [3.63, 3.8) is 0 Å². The number of benzene rings is 1. The number of para-hydroxylation sites is 1. The predicted molar refractivity (Wildman–Crippen MR) is 55.6 cm³/mol. The Hall–Kier alpha value is -1.64. The number of ether oxygens (including phenoxy) is 1. The zero-order valence-corrected chi connectivity index (χ0v) is 8.53. The van der Waals surface area contributed by atoms with Crippen LogP contribution in [0.25, 0.3) is 10.9 Å². The molecule has 0 bridgehead atoms. The predicted octanol–water partition coefficient (Wildman–Crippen LogP) is 2.26. The minimum absolute atomic E-state index is 0.777. The first-order valence-corrected chi connectivity index (χ1v) is 4.50. The smallest absolute Gasteiger partial charge is 0.145 e. The summed E-state index contributed by atoms with van der Waals surface area (Å²) < 4.78 is 5.25. The molecule has 3 nitrogen and oxygen atoms in total. The summed E-state index contributed by atoms with van der Waals surface area (Å²) in [4.78, 5) is 8.68. The molecular formula is C11H12N2O. The molecule has 0 aliphatic carbocycles. The lowest BCUT2D eigenvalue weighted by atomic mass is 10.2. The van der Waals surface area contributed by atoms with Gasteiger partial charge in [0.1, 0.15) is 17.1 Å². The van der Waals surface area contributed by atoms with Gasteiger partial charge < -0.3 is 4.74 Å². The van der Waals surface area contributed by atoms with Gasteiger partial charge in [-0.3, -0.25) is 0 Å². The number of aromatic nitrogens is 2. The maximum atomic E-state index is 5.25. The van der Waals surface area contributed by atoms with Crippen LogP contribution in [0.5, 0.6) is 5.75 Å². The lowest BCUT2D eigenvalue weighted by Gasteiger charge is -2.06. The van der Waals surface area contributed by atoms with Crippen molar-refractivity contribution in [1.29, 1.82) is 0 Å².